The number of nitrogens with one attached hydrogen (secondary N) is 1. The zero-order valence-electron chi connectivity index (χ0n) is 18.5. The van der Waals surface area contributed by atoms with E-state index in [0.29, 0.717) is 34.7 Å². The number of nitrogens with two attached hydrogens (primary N) is 1. The summed E-state index contributed by atoms with van der Waals surface area (Å²) in [6, 6.07) is 6.20. The highest BCUT2D eigenvalue weighted by Gasteiger charge is 2.29. The number of hydrogen-bond donors (Lipinski definition) is 3. The van der Waals surface area contributed by atoms with Gasteiger partial charge in [-0.1, -0.05) is 6.42 Å². The Kier molecular flexibility index (Phi) is 5.74. The summed E-state index contributed by atoms with van der Waals surface area (Å²) in [5.74, 6) is -1.16. The van der Waals surface area contributed by atoms with Gasteiger partial charge in [-0.25, -0.2) is 0 Å². The normalized spacial score (nSPS) is 16.6. The molecule has 1 amide bonds. The van der Waals surface area contributed by atoms with Crippen molar-refractivity contribution in [1.29, 1.82) is 0 Å². The van der Waals surface area contributed by atoms with Crippen molar-refractivity contribution >= 4 is 16.8 Å². The third-order valence-electron chi connectivity index (χ3n) is 6.29. The van der Waals surface area contributed by atoms with E-state index in [4.69, 9.17) is 19.6 Å². The Morgan fingerprint density at radius 2 is 1.82 bits per heavy atom. The van der Waals surface area contributed by atoms with Crippen molar-refractivity contribution in [2.75, 3.05) is 19.9 Å². The molecule has 34 heavy (non-hydrogen) atoms. The molecule has 2 aromatic heterocycles. The number of hydrogen-bond acceptors (Lipinski definition) is 8. The SMILES string of the molecule is NC(=O)C[C@H](c1oc(CN2CCCCC2)cc(=O)c1O)c1cc2cc3c(cc2[nH]c1=O)OCO3. The van der Waals surface area contributed by atoms with E-state index in [9.17, 15) is 19.5 Å². The number of likely N-dealkylation sites (tertiary alicyclic amines) is 1. The highest BCUT2D eigenvalue weighted by atomic mass is 16.7. The molecule has 2 aliphatic heterocycles. The van der Waals surface area contributed by atoms with Gasteiger partial charge in [0.05, 0.1) is 18.0 Å². The van der Waals surface area contributed by atoms with E-state index >= 15 is 0 Å². The van der Waals surface area contributed by atoms with Crippen LogP contribution < -0.4 is 26.2 Å². The van der Waals surface area contributed by atoms with Gasteiger partial charge in [0.1, 0.15) is 5.76 Å². The number of nitrogens with zero attached hydrogens (tertiary/aromatic N) is 1. The van der Waals surface area contributed by atoms with Gasteiger partial charge in [-0.05, 0) is 38.1 Å². The molecule has 1 aromatic carbocycles. The Bertz CT molecular complexity index is 1370. The molecule has 0 aliphatic carbocycles. The second-order valence-electron chi connectivity index (χ2n) is 8.70. The van der Waals surface area contributed by atoms with Crippen molar-refractivity contribution in [1.82, 2.24) is 9.88 Å². The van der Waals surface area contributed by atoms with Crippen LogP contribution in [0.3, 0.4) is 0 Å². The van der Waals surface area contributed by atoms with Crippen molar-refractivity contribution in [2.24, 2.45) is 5.73 Å². The van der Waals surface area contributed by atoms with Crippen molar-refractivity contribution < 1.29 is 23.8 Å². The Morgan fingerprint density at radius 3 is 2.56 bits per heavy atom. The van der Waals surface area contributed by atoms with Gasteiger partial charge >= 0.3 is 0 Å². The second-order valence-corrected chi connectivity index (χ2v) is 8.70. The molecule has 0 radical (unpaired) electrons. The fourth-order valence-corrected chi connectivity index (χ4v) is 4.62. The van der Waals surface area contributed by atoms with Crippen molar-refractivity contribution in [3.63, 3.8) is 0 Å². The van der Waals surface area contributed by atoms with Crippen LogP contribution in [0.2, 0.25) is 0 Å². The summed E-state index contributed by atoms with van der Waals surface area (Å²) in [5.41, 5.74) is 5.00. The number of H-pyrrole nitrogens is 1. The quantitative estimate of drug-likeness (QED) is 0.498. The van der Waals surface area contributed by atoms with Gasteiger partial charge in [0.25, 0.3) is 5.56 Å². The maximum atomic E-state index is 13.0. The summed E-state index contributed by atoms with van der Waals surface area (Å²) in [5, 5.41) is 11.2. The second kappa shape index (κ2) is 8.86. The van der Waals surface area contributed by atoms with Crippen LogP contribution in [0.15, 0.2) is 38.3 Å². The number of piperidine rings is 1. The molecule has 10 nitrogen and oxygen atoms in total. The third kappa shape index (κ3) is 4.24. The molecule has 0 unspecified atom stereocenters. The molecule has 4 N–H and O–H groups in total. The molecule has 0 saturated carbocycles. The molecule has 2 aliphatic rings. The van der Waals surface area contributed by atoms with Crippen molar-refractivity contribution in [3.8, 4) is 17.2 Å². The van der Waals surface area contributed by atoms with E-state index in [1.807, 2.05) is 0 Å². The maximum Gasteiger partial charge on any atom is 0.252 e. The first kappa shape index (κ1) is 22.0. The van der Waals surface area contributed by atoms with Gasteiger partial charge in [0.15, 0.2) is 17.3 Å². The lowest BCUT2D eigenvalue weighted by molar-refractivity contribution is -0.118. The fraction of sp³-hybridized carbons (Fsp3) is 0.375. The number of ether oxygens (including phenoxy) is 2. The van der Waals surface area contributed by atoms with E-state index in [-0.39, 0.29) is 24.5 Å². The van der Waals surface area contributed by atoms with Gasteiger partial charge in [0, 0.05) is 29.5 Å². The summed E-state index contributed by atoms with van der Waals surface area (Å²) in [7, 11) is 0. The van der Waals surface area contributed by atoms with E-state index in [0.717, 1.165) is 32.4 Å². The molecule has 4 heterocycles. The average molecular weight is 467 g/mol. The first-order valence-corrected chi connectivity index (χ1v) is 11.2. The Labute approximate surface area is 193 Å². The molecule has 5 rings (SSSR count). The monoisotopic (exact) mass is 467 g/mol. The Morgan fingerprint density at radius 1 is 1.09 bits per heavy atom. The number of carbonyl (C=O) groups is 1. The molecule has 10 heteroatoms. The minimum absolute atomic E-state index is 0.0793. The number of aromatic amines is 1. The Hall–Kier alpha value is -3.79. The van der Waals surface area contributed by atoms with E-state index in [1.54, 1.807) is 18.2 Å². The van der Waals surface area contributed by atoms with E-state index in [2.05, 4.69) is 9.88 Å². The zero-order chi connectivity index (χ0) is 23.8. The highest BCUT2D eigenvalue weighted by Crippen LogP contribution is 2.37. The molecular formula is C24H25N3O7. The molecule has 178 valence electrons. The molecular weight excluding hydrogens is 442 g/mol. The molecule has 1 saturated heterocycles. The zero-order valence-corrected chi connectivity index (χ0v) is 18.5. The largest absolute Gasteiger partial charge is 0.502 e. The van der Waals surface area contributed by atoms with Crippen LogP contribution in [0.4, 0.5) is 0 Å². The topological polar surface area (TPSA) is 148 Å². The number of carbonyl (C=O) groups excluding carboxylic acids is 1. The van der Waals surface area contributed by atoms with Crippen LogP contribution in [-0.4, -0.2) is 40.8 Å². The first-order chi connectivity index (χ1) is 16.4. The maximum absolute atomic E-state index is 13.0. The lowest BCUT2D eigenvalue weighted by Gasteiger charge is -2.26. The van der Waals surface area contributed by atoms with Crippen LogP contribution in [-0.2, 0) is 11.3 Å². The van der Waals surface area contributed by atoms with Gasteiger partial charge < -0.3 is 29.7 Å². The summed E-state index contributed by atoms with van der Waals surface area (Å²) in [4.78, 5) is 42.5. The fourth-order valence-electron chi connectivity index (χ4n) is 4.62. The summed E-state index contributed by atoms with van der Waals surface area (Å²) in [6.45, 7) is 2.23. The lowest BCUT2D eigenvalue weighted by Crippen LogP contribution is -2.29. The number of primary amides is 1. The first-order valence-electron chi connectivity index (χ1n) is 11.2. The minimum atomic E-state index is -1.05. The number of fused-ring (bicyclic) bond motifs is 2. The van der Waals surface area contributed by atoms with E-state index in [1.165, 1.54) is 6.07 Å². The predicted octanol–water partition coefficient (Wildman–Crippen LogP) is 1.91. The van der Waals surface area contributed by atoms with Gasteiger partial charge in [-0.15, -0.1) is 0 Å². The van der Waals surface area contributed by atoms with Crippen molar-refractivity contribution in [3.05, 3.63) is 61.9 Å². The molecule has 3 aromatic rings. The third-order valence-corrected chi connectivity index (χ3v) is 6.29. The smallest absolute Gasteiger partial charge is 0.252 e. The van der Waals surface area contributed by atoms with E-state index < -0.39 is 28.6 Å². The number of aromatic nitrogens is 1. The molecule has 0 bridgehead atoms. The molecule has 1 atom stereocenters. The molecule has 0 spiro atoms. The highest BCUT2D eigenvalue weighted by molar-refractivity contribution is 5.84. The Balaban J connectivity index is 1.60. The van der Waals surface area contributed by atoms with Crippen LogP contribution in [0.5, 0.6) is 17.2 Å². The number of pyridine rings is 1. The van der Waals surface area contributed by atoms with Crippen molar-refractivity contribution in [2.45, 2.75) is 38.1 Å². The standard InChI is InChI=1S/C24H25N3O7/c25-21(29)9-15(16-6-13-7-19-20(33-12-32-19)10-17(13)26-24(16)31)23-22(30)18(28)8-14(34-23)11-27-4-2-1-3-5-27/h6-8,10,15,30H,1-5,9,11-12H2,(H2,25,29)(H,26,31)/t15-/m0/s1. The number of rotatable bonds is 6. The van der Waals surface area contributed by atoms with Crippen LogP contribution >= 0.6 is 0 Å². The predicted molar refractivity (Wildman–Crippen MR) is 122 cm³/mol. The summed E-state index contributed by atoms with van der Waals surface area (Å²) in [6.07, 6.45) is 2.95. The van der Waals surface area contributed by atoms with Crippen LogP contribution in [0.25, 0.3) is 10.9 Å². The number of aromatic hydroxyl groups is 1. The number of benzene rings is 1. The van der Waals surface area contributed by atoms with Crippen LogP contribution in [0, 0.1) is 0 Å². The summed E-state index contributed by atoms with van der Waals surface area (Å²) < 4.78 is 16.7. The lowest BCUT2D eigenvalue weighted by atomic mass is 9.92. The van der Waals surface area contributed by atoms with Gasteiger partial charge in [0.2, 0.25) is 23.9 Å². The van der Waals surface area contributed by atoms with Crippen LogP contribution in [0.1, 0.15) is 48.7 Å². The summed E-state index contributed by atoms with van der Waals surface area (Å²) >= 11 is 0. The van der Waals surface area contributed by atoms with Gasteiger partial charge in [-0.3, -0.25) is 19.3 Å². The number of amides is 1. The minimum Gasteiger partial charge on any atom is -0.502 e. The van der Waals surface area contributed by atoms with Gasteiger partial charge in [-0.2, -0.15) is 0 Å². The average Bonchev–Trinajstić information content (AvgIpc) is 3.26. The molecule has 1 fully saturated rings.